The summed E-state index contributed by atoms with van der Waals surface area (Å²) >= 11 is 0. The van der Waals surface area contributed by atoms with Gasteiger partial charge in [0.2, 0.25) is 0 Å². The zero-order valence-corrected chi connectivity index (χ0v) is 15.8. The molecule has 0 aliphatic heterocycles. The molecule has 5 heteroatoms. The molecular weight excluding hydrogens is 340 g/mol. The second-order valence-electron chi connectivity index (χ2n) is 6.76. The number of anilines is 2. The van der Waals surface area contributed by atoms with Gasteiger partial charge < -0.3 is 15.5 Å². The predicted octanol–water partition coefficient (Wildman–Crippen LogP) is 5.03. The zero-order valence-electron chi connectivity index (χ0n) is 15.8. The van der Waals surface area contributed by atoms with E-state index in [1.807, 2.05) is 32.0 Å². The molecule has 0 aliphatic rings. The standard InChI is InChI=1S/C22H24N2O3/c1-4-6-20(27)18-12-23-21-16(14(3)25)7-5-8-17(21)22(18)24-19-10-9-15(26)11-13(19)2/h5,7-12,14,25-26H,4,6H2,1-3H3,(H,23,24). The van der Waals surface area contributed by atoms with Crippen molar-refractivity contribution in [3.63, 3.8) is 0 Å². The summed E-state index contributed by atoms with van der Waals surface area (Å²) in [5, 5.41) is 23.9. The molecule has 3 aromatic rings. The molecule has 0 saturated heterocycles. The fourth-order valence-electron chi connectivity index (χ4n) is 3.21. The minimum absolute atomic E-state index is 0.0216. The van der Waals surface area contributed by atoms with Crippen molar-refractivity contribution < 1.29 is 15.0 Å². The Balaban J connectivity index is 2.23. The zero-order chi connectivity index (χ0) is 19.6. The molecule has 3 N–H and O–H groups in total. The number of aliphatic hydroxyl groups is 1. The number of phenols is 1. The number of aromatic hydroxyl groups is 1. The maximum atomic E-state index is 12.7. The number of aliphatic hydroxyl groups excluding tert-OH is 1. The minimum Gasteiger partial charge on any atom is -0.508 e. The second-order valence-corrected chi connectivity index (χ2v) is 6.76. The van der Waals surface area contributed by atoms with E-state index in [4.69, 9.17) is 0 Å². The van der Waals surface area contributed by atoms with Gasteiger partial charge in [0.25, 0.3) is 0 Å². The van der Waals surface area contributed by atoms with Gasteiger partial charge in [-0.25, -0.2) is 0 Å². The van der Waals surface area contributed by atoms with Gasteiger partial charge in [-0.05, 0) is 44.0 Å². The molecule has 1 atom stereocenters. The average molecular weight is 364 g/mol. The lowest BCUT2D eigenvalue weighted by Crippen LogP contribution is -2.07. The lowest BCUT2D eigenvalue weighted by molar-refractivity contribution is 0.0982. The van der Waals surface area contributed by atoms with Crippen LogP contribution in [0.1, 0.15) is 54.3 Å². The number of aryl methyl sites for hydroxylation is 1. The molecule has 3 rings (SSSR count). The summed E-state index contributed by atoms with van der Waals surface area (Å²) in [6.45, 7) is 5.55. The molecule has 1 heterocycles. The summed E-state index contributed by atoms with van der Waals surface area (Å²) in [5.41, 5.74) is 4.25. The van der Waals surface area contributed by atoms with Crippen molar-refractivity contribution in [2.75, 3.05) is 5.32 Å². The van der Waals surface area contributed by atoms with Gasteiger partial charge in [0.1, 0.15) is 5.75 Å². The van der Waals surface area contributed by atoms with E-state index >= 15 is 0 Å². The average Bonchev–Trinajstić information content (AvgIpc) is 2.63. The number of para-hydroxylation sites is 1. The van der Waals surface area contributed by atoms with Gasteiger partial charge in [0.15, 0.2) is 5.78 Å². The highest BCUT2D eigenvalue weighted by Crippen LogP contribution is 2.34. The van der Waals surface area contributed by atoms with Gasteiger partial charge in [-0.2, -0.15) is 0 Å². The van der Waals surface area contributed by atoms with Crippen molar-refractivity contribution in [2.45, 2.75) is 39.7 Å². The number of carbonyl (C=O) groups excluding carboxylic acids is 1. The summed E-state index contributed by atoms with van der Waals surface area (Å²) in [5.74, 6) is 0.213. The Kier molecular flexibility index (Phi) is 5.42. The van der Waals surface area contributed by atoms with Gasteiger partial charge in [-0.1, -0.05) is 25.1 Å². The number of nitrogens with one attached hydrogen (secondary N) is 1. The highest BCUT2D eigenvalue weighted by Gasteiger charge is 2.18. The van der Waals surface area contributed by atoms with Gasteiger partial charge in [-0.15, -0.1) is 0 Å². The largest absolute Gasteiger partial charge is 0.508 e. The van der Waals surface area contributed by atoms with Crippen molar-refractivity contribution in [3.05, 3.63) is 59.3 Å². The monoisotopic (exact) mass is 364 g/mol. The molecule has 0 fully saturated rings. The number of benzene rings is 2. The molecule has 1 unspecified atom stereocenters. The van der Waals surface area contributed by atoms with Crippen molar-refractivity contribution in [3.8, 4) is 5.75 Å². The van der Waals surface area contributed by atoms with E-state index in [1.165, 1.54) is 0 Å². The van der Waals surface area contributed by atoms with Crippen LogP contribution in [0, 0.1) is 6.92 Å². The van der Waals surface area contributed by atoms with Crippen LogP contribution in [-0.4, -0.2) is 21.0 Å². The van der Waals surface area contributed by atoms with Crippen LogP contribution in [0.5, 0.6) is 5.75 Å². The third kappa shape index (κ3) is 3.78. The van der Waals surface area contributed by atoms with E-state index in [0.29, 0.717) is 28.8 Å². The summed E-state index contributed by atoms with van der Waals surface area (Å²) < 4.78 is 0. The Hall–Kier alpha value is -2.92. The van der Waals surface area contributed by atoms with Crippen LogP contribution in [0.2, 0.25) is 0 Å². The molecule has 140 valence electrons. The lowest BCUT2D eigenvalue weighted by Gasteiger charge is -2.17. The minimum atomic E-state index is -0.665. The molecule has 0 saturated carbocycles. The fourth-order valence-corrected chi connectivity index (χ4v) is 3.21. The first-order valence-corrected chi connectivity index (χ1v) is 9.12. The van der Waals surface area contributed by atoms with E-state index in [1.54, 1.807) is 31.3 Å². The lowest BCUT2D eigenvalue weighted by atomic mass is 9.99. The van der Waals surface area contributed by atoms with Crippen LogP contribution < -0.4 is 5.32 Å². The normalized spacial score (nSPS) is 12.1. The summed E-state index contributed by atoms with van der Waals surface area (Å²) in [4.78, 5) is 17.2. The summed E-state index contributed by atoms with van der Waals surface area (Å²) in [7, 11) is 0. The second kappa shape index (κ2) is 7.76. The van der Waals surface area contributed by atoms with Gasteiger partial charge in [0, 0.05) is 29.3 Å². The van der Waals surface area contributed by atoms with Crippen molar-refractivity contribution in [2.24, 2.45) is 0 Å². The number of ketones is 1. The molecule has 0 bridgehead atoms. The smallest absolute Gasteiger partial charge is 0.166 e. The number of fused-ring (bicyclic) bond motifs is 1. The molecule has 2 aromatic carbocycles. The number of hydrogen-bond acceptors (Lipinski definition) is 5. The first kappa shape index (κ1) is 18.9. The Morgan fingerprint density at radius 1 is 1.26 bits per heavy atom. The number of aromatic nitrogens is 1. The van der Waals surface area contributed by atoms with E-state index in [9.17, 15) is 15.0 Å². The van der Waals surface area contributed by atoms with Gasteiger partial charge in [0.05, 0.1) is 22.9 Å². The summed E-state index contributed by atoms with van der Waals surface area (Å²) in [6.07, 6.45) is 2.11. The Morgan fingerprint density at radius 2 is 2.04 bits per heavy atom. The Bertz CT molecular complexity index is 996. The SMILES string of the molecule is CCCC(=O)c1cnc2c(C(C)O)cccc2c1Nc1ccc(O)cc1C. The third-order valence-corrected chi connectivity index (χ3v) is 4.63. The van der Waals surface area contributed by atoms with Crippen LogP contribution in [0.25, 0.3) is 10.9 Å². The quantitative estimate of drug-likeness (QED) is 0.422. The fraction of sp³-hybridized carbons (Fsp3) is 0.273. The molecule has 5 nitrogen and oxygen atoms in total. The van der Waals surface area contributed by atoms with Crippen LogP contribution in [0.15, 0.2) is 42.6 Å². The third-order valence-electron chi connectivity index (χ3n) is 4.63. The number of Topliss-reactive ketones (excluding diaryl/α,β-unsaturated/α-hetero) is 1. The number of hydrogen-bond donors (Lipinski definition) is 3. The van der Waals surface area contributed by atoms with Crippen LogP contribution in [0.3, 0.4) is 0 Å². The summed E-state index contributed by atoms with van der Waals surface area (Å²) in [6, 6.07) is 10.6. The number of nitrogens with zero attached hydrogens (tertiary/aromatic N) is 1. The molecule has 0 radical (unpaired) electrons. The van der Waals surface area contributed by atoms with E-state index in [2.05, 4.69) is 10.3 Å². The van der Waals surface area contributed by atoms with E-state index < -0.39 is 6.10 Å². The molecule has 1 aromatic heterocycles. The first-order valence-electron chi connectivity index (χ1n) is 9.12. The Labute approximate surface area is 158 Å². The maximum absolute atomic E-state index is 12.7. The van der Waals surface area contributed by atoms with Crippen LogP contribution in [0.4, 0.5) is 11.4 Å². The van der Waals surface area contributed by atoms with E-state index in [0.717, 1.165) is 23.1 Å². The van der Waals surface area contributed by atoms with E-state index in [-0.39, 0.29) is 11.5 Å². The molecular formula is C22H24N2O3. The molecule has 27 heavy (non-hydrogen) atoms. The highest BCUT2D eigenvalue weighted by atomic mass is 16.3. The van der Waals surface area contributed by atoms with Gasteiger partial charge in [-0.3, -0.25) is 9.78 Å². The molecule has 0 spiro atoms. The van der Waals surface area contributed by atoms with Gasteiger partial charge >= 0.3 is 0 Å². The molecule has 0 aliphatic carbocycles. The predicted molar refractivity (Wildman–Crippen MR) is 108 cm³/mol. The topological polar surface area (TPSA) is 82.5 Å². The Morgan fingerprint density at radius 3 is 2.70 bits per heavy atom. The number of pyridine rings is 1. The van der Waals surface area contributed by atoms with Crippen LogP contribution in [-0.2, 0) is 0 Å². The van der Waals surface area contributed by atoms with Crippen molar-refractivity contribution in [1.82, 2.24) is 4.98 Å². The molecule has 0 amide bonds. The number of rotatable bonds is 6. The first-order chi connectivity index (χ1) is 12.9. The van der Waals surface area contributed by atoms with Crippen molar-refractivity contribution in [1.29, 1.82) is 0 Å². The van der Waals surface area contributed by atoms with Crippen LogP contribution >= 0.6 is 0 Å². The number of carbonyl (C=O) groups is 1. The highest BCUT2D eigenvalue weighted by molar-refractivity contribution is 6.09. The maximum Gasteiger partial charge on any atom is 0.166 e. The number of phenolic OH excluding ortho intramolecular Hbond substituents is 1. The van der Waals surface area contributed by atoms with Crippen molar-refractivity contribution >= 4 is 28.1 Å².